The Kier molecular flexibility index (Phi) is 8.07. The van der Waals surface area contributed by atoms with Gasteiger partial charge < -0.3 is 14.8 Å². The lowest BCUT2D eigenvalue weighted by atomic mass is 10.1. The molecule has 2 N–H and O–H groups in total. The Hall–Kier alpha value is -4.91. The van der Waals surface area contributed by atoms with Gasteiger partial charge in [0.2, 0.25) is 6.79 Å². The lowest BCUT2D eigenvalue weighted by Crippen LogP contribution is -2.33. The van der Waals surface area contributed by atoms with Gasteiger partial charge in [0.1, 0.15) is 5.70 Å². The van der Waals surface area contributed by atoms with Gasteiger partial charge in [0.05, 0.1) is 5.71 Å². The highest BCUT2D eigenvalue weighted by Gasteiger charge is 2.17. The fourth-order valence-electron chi connectivity index (χ4n) is 3.27. The average molecular weight is 480 g/mol. The summed E-state index contributed by atoms with van der Waals surface area (Å²) in [6.07, 6.45) is 9.01. The van der Waals surface area contributed by atoms with Crippen LogP contribution in [0.4, 0.5) is 0 Å². The first-order chi connectivity index (χ1) is 17.6. The van der Waals surface area contributed by atoms with Gasteiger partial charge >= 0.3 is 0 Å². The van der Waals surface area contributed by atoms with Crippen LogP contribution in [0.2, 0.25) is 0 Å². The molecule has 0 aliphatic carbocycles. The van der Waals surface area contributed by atoms with Gasteiger partial charge in [0, 0.05) is 5.56 Å². The molecule has 36 heavy (non-hydrogen) atoms. The maximum atomic E-state index is 13.0. The monoisotopic (exact) mass is 479 g/mol. The smallest absolute Gasteiger partial charge is 0.287 e. The van der Waals surface area contributed by atoms with Gasteiger partial charge in [-0.15, -0.1) is 0 Å². The van der Waals surface area contributed by atoms with Crippen LogP contribution in [0.5, 0.6) is 11.5 Å². The van der Waals surface area contributed by atoms with E-state index in [4.69, 9.17) is 9.47 Å². The predicted molar refractivity (Wildman–Crippen MR) is 140 cm³/mol. The van der Waals surface area contributed by atoms with Crippen LogP contribution in [0.3, 0.4) is 0 Å². The van der Waals surface area contributed by atoms with Crippen molar-refractivity contribution < 1.29 is 19.1 Å². The van der Waals surface area contributed by atoms with E-state index in [1.54, 1.807) is 61.5 Å². The standard InChI is InChI=1S/C29H25N3O4/c1-21(10-8-9-13-22-11-4-2-5-12-22)31-32-29(34)25(30-28(33)24-14-6-3-7-15-24)18-23-16-17-26-27(19-23)36-20-35-26/h2-19H,20H2,1H3,(H,30,33)(H,32,34)/b10-8+,13-9+,25-18-,31-21?. The van der Waals surface area contributed by atoms with Crippen LogP contribution in [0, 0.1) is 0 Å². The summed E-state index contributed by atoms with van der Waals surface area (Å²) in [6.45, 7) is 1.90. The second-order valence-electron chi connectivity index (χ2n) is 7.81. The number of hydrogen-bond acceptors (Lipinski definition) is 5. The van der Waals surface area contributed by atoms with Gasteiger partial charge in [-0.2, -0.15) is 5.10 Å². The molecule has 2 amide bonds. The molecule has 0 bridgehead atoms. The van der Waals surface area contributed by atoms with Crippen LogP contribution in [0.25, 0.3) is 12.2 Å². The molecule has 180 valence electrons. The Morgan fingerprint density at radius 1 is 0.861 bits per heavy atom. The zero-order valence-corrected chi connectivity index (χ0v) is 19.7. The fourth-order valence-corrected chi connectivity index (χ4v) is 3.27. The molecule has 0 atom stereocenters. The molecule has 1 heterocycles. The number of carbonyl (C=O) groups excluding carboxylic acids is 2. The number of benzene rings is 3. The van der Waals surface area contributed by atoms with E-state index in [0.29, 0.717) is 28.3 Å². The summed E-state index contributed by atoms with van der Waals surface area (Å²) >= 11 is 0. The SMILES string of the molecule is CC(/C=C/C=C/c1ccccc1)=NNC(=O)/C(=C/c1ccc2c(c1)OCO2)NC(=O)c1ccccc1. The summed E-state index contributed by atoms with van der Waals surface area (Å²) in [4.78, 5) is 25.7. The largest absolute Gasteiger partial charge is 0.454 e. The maximum absolute atomic E-state index is 13.0. The molecule has 0 saturated carbocycles. The Labute approximate surface area is 209 Å². The lowest BCUT2D eigenvalue weighted by Gasteiger charge is -2.10. The third-order valence-corrected chi connectivity index (χ3v) is 5.11. The molecule has 0 fully saturated rings. The molecule has 0 spiro atoms. The first kappa shape index (κ1) is 24.2. The molecular weight excluding hydrogens is 454 g/mol. The molecule has 1 aliphatic heterocycles. The van der Waals surface area contributed by atoms with Crippen LogP contribution in [-0.4, -0.2) is 24.3 Å². The van der Waals surface area contributed by atoms with Crippen LogP contribution in [-0.2, 0) is 4.79 Å². The number of fused-ring (bicyclic) bond motifs is 1. The van der Waals surface area contributed by atoms with E-state index in [1.807, 2.05) is 54.6 Å². The Bertz CT molecular complexity index is 1340. The summed E-state index contributed by atoms with van der Waals surface area (Å²) in [5, 5.41) is 6.81. The first-order valence-electron chi connectivity index (χ1n) is 11.3. The van der Waals surface area contributed by atoms with E-state index >= 15 is 0 Å². The molecule has 7 nitrogen and oxygen atoms in total. The quantitative estimate of drug-likeness (QED) is 0.207. The topological polar surface area (TPSA) is 89.0 Å². The maximum Gasteiger partial charge on any atom is 0.287 e. The van der Waals surface area contributed by atoms with Crippen molar-refractivity contribution in [2.24, 2.45) is 5.10 Å². The van der Waals surface area contributed by atoms with Gasteiger partial charge in [-0.05, 0) is 54.5 Å². The first-order valence-corrected chi connectivity index (χ1v) is 11.3. The van der Waals surface area contributed by atoms with Crippen LogP contribution in [0.15, 0.2) is 108 Å². The minimum Gasteiger partial charge on any atom is -0.454 e. The fraction of sp³-hybridized carbons (Fsp3) is 0.0690. The van der Waals surface area contributed by atoms with E-state index in [1.165, 1.54) is 0 Å². The van der Waals surface area contributed by atoms with E-state index in [2.05, 4.69) is 15.8 Å². The molecule has 0 unspecified atom stereocenters. The van der Waals surface area contributed by atoms with Gasteiger partial charge in [0.15, 0.2) is 11.5 Å². The third kappa shape index (κ3) is 6.80. The van der Waals surface area contributed by atoms with Crippen molar-refractivity contribution in [1.82, 2.24) is 10.7 Å². The zero-order chi connectivity index (χ0) is 25.2. The van der Waals surface area contributed by atoms with Crippen LogP contribution < -0.4 is 20.2 Å². The number of allylic oxidation sites excluding steroid dienone is 3. The summed E-state index contributed by atoms with van der Waals surface area (Å²) in [5.41, 5.74) is 5.28. The number of nitrogens with one attached hydrogen (secondary N) is 2. The van der Waals surface area contributed by atoms with Crippen molar-refractivity contribution in [3.05, 3.63) is 119 Å². The Balaban J connectivity index is 1.48. The normalized spacial score (nSPS) is 13.2. The van der Waals surface area contributed by atoms with Gasteiger partial charge in [-0.3, -0.25) is 9.59 Å². The van der Waals surface area contributed by atoms with E-state index in [-0.39, 0.29) is 12.5 Å². The second-order valence-corrected chi connectivity index (χ2v) is 7.81. The van der Waals surface area contributed by atoms with E-state index < -0.39 is 11.8 Å². The van der Waals surface area contributed by atoms with Crippen molar-refractivity contribution in [1.29, 1.82) is 0 Å². The summed E-state index contributed by atoms with van der Waals surface area (Å²) < 4.78 is 10.7. The third-order valence-electron chi connectivity index (χ3n) is 5.11. The Morgan fingerprint density at radius 3 is 2.36 bits per heavy atom. The van der Waals surface area contributed by atoms with Gasteiger partial charge in [-0.25, -0.2) is 5.43 Å². The molecule has 3 aromatic rings. The highest BCUT2D eigenvalue weighted by molar-refractivity contribution is 6.05. The van der Waals surface area contributed by atoms with Crippen molar-refractivity contribution in [3.8, 4) is 11.5 Å². The van der Waals surface area contributed by atoms with Crippen LogP contribution >= 0.6 is 0 Å². The van der Waals surface area contributed by atoms with Crippen LogP contribution in [0.1, 0.15) is 28.4 Å². The number of nitrogens with zero attached hydrogens (tertiary/aromatic N) is 1. The number of rotatable bonds is 8. The number of hydrogen-bond donors (Lipinski definition) is 2. The lowest BCUT2D eigenvalue weighted by molar-refractivity contribution is -0.117. The number of amides is 2. The number of ether oxygens (including phenoxy) is 2. The van der Waals surface area contributed by atoms with E-state index in [9.17, 15) is 9.59 Å². The summed E-state index contributed by atoms with van der Waals surface area (Å²) in [5.74, 6) is 0.217. The molecule has 0 aromatic heterocycles. The zero-order valence-electron chi connectivity index (χ0n) is 19.7. The predicted octanol–water partition coefficient (Wildman–Crippen LogP) is 4.95. The van der Waals surface area contributed by atoms with Gasteiger partial charge in [0.25, 0.3) is 11.8 Å². The minimum atomic E-state index is -0.565. The minimum absolute atomic E-state index is 0.0345. The molecule has 1 aliphatic rings. The highest BCUT2D eigenvalue weighted by atomic mass is 16.7. The molecule has 3 aromatic carbocycles. The molecule has 7 heteroatoms. The molecule has 0 radical (unpaired) electrons. The van der Waals surface area contributed by atoms with Crippen molar-refractivity contribution in [2.45, 2.75) is 6.92 Å². The molecule has 0 saturated heterocycles. The van der Waals surface area contributed by atoms with Gasteiger partial charge in [-0.1, -0.05) is 72.8 Å². The molecule has 4 rings (SSSR count). The number of carbonyl (C=O) groups is 2. The van der Waals surface area contributed by atoms with Crippen molar-refractivity contribution in [2.75, 3.05) is 6.79 Å². The Morgan fingerprint density at radius 2 is 1.58 bits per heavy atom. The van der Waals surface area contributed by atoms with Crippen molar-refractivity contribution in [3.63, 3.8) is 0 Å². The number of hydrazone groups is 1. The molecular formula is C29H25N3O4. The summed E-state index contributed by atoms with van der Waals surface area (Å²) in [6, 6.07) is 23.8. The second kappa shape index (κ2) is 12.0. The summed E-state index contributed by atoms with van der Waals surface area (Å²) in [7, 11) is 0. The van der Waals surface area contributed by atoms with Crippen molar-refractivity contribution >= 4 is 29.7 Å². The highest BCUT2D eigenvalue weighted by Crippen LogP contribution is 2.33. The van der Waals surface area contributed by atoms with E-state index in [0.717, 1.165) is 5.56 Å². The average Bonchev–Trinajstić information content (AvgIpc) is 3.38.